The number of H-pyrrole nitrogens is 1. The molecule has 0 saturated carbocycles. The summed E-state index contributed by atoms with van der Waals surface area (Å²) in [6.07, 6.45) is 0. The second kappa shape index (κ2) is 6.57. The first-order chi connectivity index (χ1) is 9.30. The van der Waals surface area contributed by atoms with Gasteiger partial charge in [-0.05, 0) is 39.0 Å². The molecule has 1 N–H and O–H groups in total. The van der Waals surface area contributed by atoms with Gasteiger partial charge in [0.2, 0.25) is 11.2 Å². The smallest absolute Gasteiger partial charge is 0.223 e. The molecule has 0 amide bonds. The minimum absolute atomic E-state index is 0.686. The van der Waals surface area contributed by atoms with Crippen molar-refractivity contribution in [3.63, 3.8) is 0 Å². The maximum atomic E-state index is 5.81. The molecule has 0 aliphatic rings. The maximum absolute atomic E-state index is 5.81. The van der Waals surface area contributed by atoms with Gasteiger partial charge in [0.1, 0.15) is 5.75 Å². The van der Waals surface area contributed by atoms with Crippen LogP contribution in [0.25, 0.3) is 11.3 Å². The molecular formula is C15H21N2OS+. The number of nitrogens with zero attached hydrogens (tertiary/aromatic N) is 1. The van der Waals surface area contributed by atoms with Crippen LogP contribution < -0.4 is 14.6 Å². The van der Waals surface area contributed by atoms with Gasteiger partial charge in [-0.3, -0.25) is 0 Å². The first-order valence-electron chi connectivity index (χ1n) is 6.76. The molecule has 0 saturated heterocycles. The van der Waals surface area contributed by atoms with E-state index in [-0.39, 0.29) is 0 Å². The van der Waals surface area contributed by atoms with Crippen LogP contribution in [0.15, 0.2) is 29.1 Å². The van der Waals surface area contributed by atoms with Gasteiger partial charge in [-0.25, -0.2) is 4.98 Å². The number of hydrogen-bond acceptors (Lipinski definition) is 3. The molecule has 19 heavy (non-hydrogen) atoms. The maximum Gasteiger partial charge on any atom is 0.223 e. The minimum Gasteiger partial charge on any atom is -0.492 e. The largest absolute Gasteiger partial charge is 0.492 e. The van der Waals surface area contributed by atoms with Gasteiger partial charge in [0, 0.05) is 13.1 Å². The highest BCUT2D eigenvalue weighted by atomic mass is 32.1. The summed E-state index contributed by atoms with van der Waals surface area (Å²) in [5.74, 6) is 0.961. The van der Waals surface area contributed by atoms with Crippen LogP contribution >= 0.6 is 11.3 Å². The fraction of sp³-hybridized carbons (Fsp3) is 0.400. The van der Waals surface area contributed by atoms with Crippen LogP contribution in [0, 0.1) is 0 Å². The fourth-order valence-corrected chi connectivity index (χ4v) is 2.77. The number of aromatic nitrogens is 1. The number of hydrogen-bond donors (Lipinski definition) is 0. The second-order valence-electron chi connectivity index (χ2n) is 4.22. The Morgan fingerprint density at radius 1 is 1.21 bits per heavy atom. The van der Waals surface area contributed by atoms with E-state index in [4.69, 9.17) is 4.74 Å². The summed E-state index contributed by atoms with van der Waals surface area (Å²) in [5, 5.41) is 2.11. The van der Waals surface area contributed by atoms with Crippen LogP contribution in [0.5, 0.6) is 5.75 Å². The lowest BCUT2D eigenvalue weighted by Crippen LogP contribution is -2.22. The van der Waals surface area contributed by atoms with Crippen molar-refractivity contribution in [3.05, 3.63) is 29.1 Å². The zero-order valence-corrected chi connectivity index (χ0v) is 12.6. The normalized spacial score (nSPS) is 10.5. The van der Waals surface area contributed by atoms with Gasteiger partial charge < -0.3 is 9.64 Å². The molecule has 102 valence electrons. The number of ether oxygens (including phenoxy) is 1. The molecule has 0 spiro atoms. The molecule has 4 heteroatoms. The van der Waals surface area contributed by atoms with E-state index in [1.54, 1.807) is 11.3 Å². The molecule has 1 heterocycles. The first kappa shape index (κ1) is 13.9. The Hall–Kier alpha value is -1.55. The molecule has 0 fully saturated rings. The molecule has 0 radical (unpaired) electrons. The lowest BCUT2D eigenvalue weighted by Gasteiger charge is -2.24. The van der Waals surface area contributed by atoms with E-state index in [2.05, 4.69) is 47.3 Å². The number of thiazole rings is 1. The summed E-state index contributed by atoms with van der Waals surface area (Å²) in [7, 11) is 0. The fourth-order valence-electron chi connectivity index (χ4n) is 2.16. The Kier molecular flexibility index (Phi) is 4.80. The highest BCUT2D eigenvalue weighted by Gasteiger charge is 2.13. The van der Waals surface area contributed by atoms with Gasteiger partial charge in [-0.15, -0.1) is 0 Å². The van der Waals surface area contributed by atoms with Crippen molar-refractivity contribution in [2.45, 2.75) is 20.8 Å². The molecule has 0 bridgehead atoms. The number of nitrogens with one attached hydrogen (secondary N) is 1. The van der Waals surface area contributed by atoms with Crippen molar-refractivity contribution < 1.29 is 9.72 Å². The molecule has 1 aromatic carbocycles. The molecule has 0 atom stereocenters. The van der Waals surface area contributed by atoms with Crippen LogP contribution in [0.2, 0.25) is 0 Å². The third-order valence-electron chi connectivity index (χ3n) is 3.14. The lowest BCUT2D eigenvalue weighted by atomic mass is 10.1. The van der Waals surface area contributed by atoms with Crippen LogP contribution in [0.3, 0.4) is 0 Å². The average Bonchev–Trinajstić information content (AvgIpc) is 2.96. The minimum atomic E-state index is 0.686. The van der Waals surface area contributed by atoms with Crippen molar-refractivity contribution in [3.8, 4) is 17.0 Å². The van der Waals surface area contributed by atoms with Crippen molar-refractivity contribution >= 4 is 17.0 Å². The number of aromatic amines is 1. The predicted molar refractivity (Wildman–Crippen MR) is 81.0 cm³/mol. The third kappa shape index (κ3) is 3.07. The lowest BCUT2D eigenvalue weighted by molar-refractivity contribution is -0.357. The summed E-state index contributed by atoms with van der Waals surface area (Å²) in [6, 6.07) is 6.42. The van der Waals surface area contributed by atoms with Crippen molar-refractivity contribution in [1.29, 1.82) is 0 Å². The van der Waals surface area contributed by atoms with E-state index in [0.29, 0.717) is 6.61 Å². The molecule has 3 nitrogen and oxygen atoms in total. The Bertz CT molecular complexity index is 507. The van der Waals surface area contributed by atoms with Crippen molar-refractivity contribution in [1.82, 2.24) is 0 Å². The molecule has 2 aromatic rings. The highest BCUT2D eigenvalue weighted by Crippen LogP contribution is 2.32. The van der Waals surface area contributed by atoms with Gasteiger partial charge >= 0.3 is 0 Å². The molecule has 2 rings (SSSR count). The van der Waals surface area contributed by atoms with Crippen LogP contribution in [-0.4, -0.2) is 19.7 Å². The standard InChI is InChI=1S/C15H20N2OS/c1-4-17(5-2)14-8-7-12(9-15(14)18-6-3)13-10-19-11-16-13/h7-11H,4-6H2,1-3H3/p+1. The highest BCUT2D eigenvalue weighted by molar-refractivity contribution is 7.07. The van der Waals surface area contributed by atoms with E-state index in [9.17, 15) is 0 Å². The number of rotatable bonds is 6. The summed E-state index contributed by atoms with van der Waals surface area (Å²) >= 11 is 1.67. The van der Waals surface area contributed by atoms with Crippen LogP contribution in [0.4, 0.5) is 5.69 Å². The van der Waals surface area contributed by atoms with E-state index in [1.165, 1.54) is 11.3 Å². The summed E-state index contributed by atoms with van der Waals surface area (Å²) < 4.78 is 5.81. The molecular weight excluding hydrogens is 256 g/mol. The molecule has 1 aromatic heterocycles. The molecule has 0 unspecified atom stereocenters. The summed E-state index contributed by atoms with van der Waals surface area (Å²) in [4.78, 5) is 5.56. The van der Waals surface area contributed by atoms with Crippen molar-refractivity contribution in [2.75, 3.05) is 24.6 Å². The van der Waals surface area contributed by atoms with Gasteiger partial charge in [0.15, 0.2) is 0 Å². The average molecular weight is 277 g/mol. The van der Waals surface area contributed by atoms with E-state index in [1.807, 2.05) is 12.4 Å². The van der Waals surface area contributed by atoms with E-state index in [0.717, 1.165) is 24.5 Å². The Morgan fingerprint density at radius 2 is 2.00 bits per heavy atom. The van der Waals surface area contributed by atoms with Gasteiger partial charge in [0.25, 0.3) is 0 Å². The zero-order chi connectivity index (χ0) is 13.7. The Morgan fingerprint density at radius 3 is 2.58 bits per heavy atom. The second-order valence-corrected chi connectivity index (χ2v) is 4.96. The van der Waals surface area contributed by atoms with E-state index < -0.39 is 0 Å². The van der Waals surface area contributed by atoms with Gasteiger partial charge in [0.05, 0.1) is 23.2 Å². The van der Waals surface area contributed by atoms with E-state index >= 15 is 0 Å². The van der Waals surface area contributed by atoms with Crippen molar-refractivity contribution in [2.24, 2.45) is 0 Å². The monoisotopic (exact) mass is 277 g/mol. The Labute approximate surface area is 118 Å². The SMILES string of the molecule is CCOc1cc(-c2csc[nH+]2)ccc1N(CC)CC. The topological polar surface area (TPSA) is 26.6 Å². The predicted octanol–water partition coefficient (Wildman–Crippen LogP) is 3.47. The molecule has 0 aliphatic heterocycles. The van der Waals surface area contributed by atoms with Gasteiger partial charge in [-0.2, -0.15) is 0 Å². The number of benzene rings is 1. The zero-order valence-electron chi connectivity index (χ0n) is 11.8. The molecule has 0 aliphatic carbocycles. The first-order valence-corrected chi connectivity index (χ1v) is 7.70. The van der Waals surface area contributed by atoms with Gasteiger partial charge in [-0.1, -0.05) is 11.3 Å². The third-order valence-corrected chi connectivity index (χ3v) is 3.77. The Balaban J connectivity index is 2.40. The number of anilines is 1. The van der Waals surface area contributed by atoms with Crippen LogP contribution in [-0.2, 0) is 0 Å². The quantitative estimate of drug-likeness (QED) is 0.808. The summed E-state index contributed by atoms with van der Waals surface area (Å²) in [5.41, 5.74) is 5.46. The van der Waals surface area contributed by atoms with Crippen LogP contribution in [0.1, 0.15) is 20.8 Å². The summed E-state index contributed by atoms with van der Waals surface area (Å²) in [6.45, 7) is 9.01.